The standard InChI is InChI=1S/C24H20N6O4/c1-15-18(13-25)22(31)27-23(32)21(15)29-28-19-10-6-5-9-17(19)24-26-20(30-34-24)11-12-33-14-16-7-3-2-4-8-16/h2-10H,11-12,14H2,1H3,(H2,27,31,32). The lowest BCUT2D eigenvalue weighted by atomic mass is 10.1. The van der Waals surface area contributed by atoms with E-state index in [0.717, 1.165) is 5.56 Å². The number of benzene rings is 2. The molecule has 0 bridgehead atoms. The molecule has 170 valence electrons. The third-order valence-corrected chi connectivity index (χ3v) is 4.97. The fourth-order valence-corrected chi connectivity index (χ4v) is 3.19. The number of aromatic nitrogens is 3. The van der Waals surface area contributed by atoms with Gasteiger partial charge in [-0.2, -0.15) is 10.2 Å². The molecule has 0 amide bonds. The van der Waals surface area contributed by atoms with Gasteiger partial charge in [0.25, 0.3) is 11.4 Å². The van der Waals surface area contributed by atoms with Crippen LogP contribution in [-0.2, 0) is 17.8 Å². The van der Waals surface area contributed by atoms with E-state index in [9.17, 15) is 15.2 Å². The zero-order chi connectivity index (χ0) is 23.9. The molecule has 0 spiro atoms. The van der Waals surface area contributed by atoms with E-state index in [-0.39, 0.29) is 22.7 Å². The Kier molecular flexibility index (Phi) is 6.86. The van der Waals surface area contributed by atoms with Gasteiger partial charge in [-0.1, -0.05) is 47.6 Å². The molecule has 0 unspecified atom stereocenters. The predicted molar refractivity (Wildman–Crippen MR) is 122 cm³/mol. The first-order valence-electron chi connectivity index (χ1n) is 10.4. The van der Waals surface area contributed by atoms with Gasteiger partial charge in [-0.25, -0.2) is 0 Å². The highest BCUT2D eigenvalue weighted by Gasteiger charge is 2.15. The van der Waals surface area contributed by atoms with Gasteiger partial charge in [-0.05, 0) is 24.6 Å². The minimum atomic E-state index is -0.661. The van der Waals surface area contributed by atoms with E-state index < -0.39 is 11.4 Å². The van der Waals surface area contributed by atoms with Gasteiger partial charge in [0.1, 0.15) is 11.6 Å². The zero-order valence-electron chi connectivity index (χ0n) is 18.2. The largest absolute Gasteiger partial charge is 0.494 e. The number of nitriles is 1. The quantitative estimate of drug-likeness (QED) is 0.293. The lowest BCUT2D eigenvalue weighted by molar-refractivity contribution is 0.122. The molecule has 0 saturated carbocycles. The second-order valence-corrected chi connectivity index (χ2v) is 7.28. The van der Waals surface area contributed by atoms with Gasteiger partial charge >= 0.3 is 0 Å². The van der Waals surface area contributed by atoms with Crippen molar-refractivity contribution < 1.29 is 14.4 Å². The SMILES string of the molecule is Cc1c(C#N)c(O)[nH]c(=O)c1N=Nc1ccccc1-c1nc(CCOCc2ccccc2)no1. The molecule has 0 aliphatic carbocycles. The molecule has 0 saturated heterocycles. The lowest BCUT2D eigenvalue weighted by Gasteiger charge is -2.03. The normalized spacial score (nSPS) is 11.1. The third kappa shape index (κ3) is 5.06. The molecular formula is C24H20N6O4. The van der Waals surface area contributed by atoms with Crippen LogP contribution in [0, 0.1) is 18.3 Å². The number of aromatic amines is 1. The van der Waals surface area contributed by atoms with Crippen molar-refractivity contribution in [3.63, 3.8) is 0 Å². The molecule has 4 rings (SSSR count). The van der Waals surface area contributed by atoms with Crippen molar-refractivity contribution in [2.75, 3.05) is 6.61 Å². The summed E-state index contributed by atoms with van der Waals surface area (Å²) < 4.78 is 11.1. The second-order valence-electron chi connectivity index (χ2n) is 7.28. The highest BCUT2D eigenvalue weighted by molar-refractivity contribution is 5.69. The summed E-state index contributed by atoms with van der Waals surface area (Å²) in [5.41, 5.74) is 1.42. The Balaban J connectivity index is 1.49. The Morgan fingerprint density at radius 3 is 2.71 bits per heavy atom. The van der Waals surface area contributed by atoms with Gasteiger partial charge in [0.15, 0.2) is 11.5 Å². The van der Waals surface area contributed by atoms with Crippen LogP contribution in [0.1, 0.15) is 22.5 Å². The maximum atomic E-state index is 12.2. The smallest absolute Gasteiger partial charge is 0.278 e. The van der Waals surface area contributed by atoms with E-state index in [1.165, 1.54) is 6.92 Å². The first kappa shape index (κ1) is 22.6. The van der Waals surface area contributed by atoms with Crippen LogP contribution in [0.25, 0.3) is 11.5 Å². The number of aromatic hydroxyl groups is 1. The van der Waals surface area contributed by atoms with Gasteiger partial charge in [0.05, 0.1) is 24.5 Å². The lowest BCUT2D eigenvalue weighted by Crippen LogP contribution is -2.08. The van der Waals surface area contributed by atoms with E-state index in [1.54, 1.807) is 24.3 Å². The fourth-order valence-electron chi connectivity index (χ4n) is 3.19. The summed E-state index contributed by atoms with van der Waals surface area (Å²) in [6, 6.07) is 18.7. The van der Waals surface area contributed by atoms with Crippen LogP contribution in [0.2, 0.25) is 0 Å². The minimum absolute atomic E-state index is 0.0714. The number of hydrogen-bond acceptors (Lipinski definition) is 9. The van der Waals surface area contributed by atoms with Crippen LogP contribution in [0.5, 0.6) is 5.88 Å². The molecule has 10 heteroatoms. The third-order valence-electron chi connectivity index (χ3n) is 4.97. The molecule has 2 N–H and O–H groups in total. The predicted octanol–water partition coefficient (Wildman–Crippen LogP) is 4.49. The highest BCUT2D eigenvalue weighted by atomic mass is 16.5. The maximum Gasteiger partial charge on any atom is 0.278 e. The zero-order valence-corrected chi connectivity index (χ0v) is 18.2. The average Bonchev–Trinajstić information content (AvgIpc) is 3.31. The number of ether oxygens (including phenoxy) is 1. The highest BCUT2D eigenvalue weighted by Crippen LogP contribution is 2.31. The molecule has 2 aromatic carbocycles. The van der Waals surface area contributed by atoms with Gasteiger partial charge in [-0.15, -0.1) is 10.2 Å². The first-order chi connectivity index (χ1) is 16.6. The summed E-state index contributed by atoms with van der Waals surface area (Å²) in [5.74, 6) is 0.233. The Morgan fingerprint density at radius 1 is 1.15 bits per heavy atom. The summed E-state index contributed by atoms with van der Waals surface area (Å²) in [6.07, 6.45) is 0.471. The van der Waals surface area contributed by atoms with Crippen molar-refractivity contribution >= 4 is 11.4 Å². The van der Waals surface area contributed by atoms with Crippen molar-refractivity contribution in [3.05, 3.63) is 87.5 Å². The van der Waals surface area contributed by atoms with Crippen molar-refractivity contribution in [2.45, 2.75) is 20.0 Å². The molecule has 0 radical (unpaired) electrons. The van der Waals surface area contributed by atoms with Crippen molar-refractivity contribution in [1.82, 2.24) is 15.1 Å². The molecule has 10 nitrogen and oxygen atoms in total. The number of hydrogen-bond donors (Lipinski definition) is 2. The van der Waals surface area contributed by atoms with Crippen LogP contribution in [0.4, 0.5) is 11.4 Å². The van der Waals surface area contributed by atoms with Crippen LogP contribution < -0.4 is 5.56 Å². The molecule has 34 heavy (non-hydrogen) atoms. The molecule has 2 heterocycles. The number of azo groups is 1. The van der Waals surface area contributed by atoms with Crippen LogP contribution in [0.3, 0.4) is 0 Å². The molecule has 0 aliphatic rings. The number of nitrogens with zero attached hydrogens (tertiary/aromatic N) is 5. The van der Waals surface area contributed by atoms with Crippen LogP contribution in [0.15, 0.2) is 74.1 Å². The van der Waals surface area contributed by atoms with Gasteiger partial charge in [0.2, 0.25) is 5.88 Å². The van der Waals surface area contributed by atoms with Gasteiger partial charge in [0, 0.05) is 12.0 Å². The molecular weight excluding hydrogens is 436 g/mol. The Morgan fingerprint density at radius 2 is 1.91 bits per heavy atom. The number of H-pyrrole nitrogens is 1. The Hall–Kier alpha value is -4.62. The van der Waals surface area contributed by atoms with E-state index in [1.807, 2.05) is 36.4 Å². The monoisotopic (exact) mass is 456 g/mol. The Bertz CT molecular complexity index is 1420. The maximum absolute atomic E-state index is 12.2. The summed E-state index contributed by atoms with van der Waals surface area (Å²) in [6.45, 7) is 2.44. The summed E-state index contributed by atoms with van der Waals surface area (Å²) in [5, 5.41) is 31.1. The molecule has 4 aromatic rings. The number of rotatable bonds is 8. The Labute approximate surface area is 194 Å². The summed E-state index contributed by atoms with van der Waals surface area (Å²) >= 11 is 0. The second kappa shape index (κ2) is 10.3. The first-order valence-corrected chi connectivity index (χ1v) is 10.4. The molecule has 0 atom stereocenters. The van der Waals surface area contributed by atoms with E-state index in [2.05, 4.69) is 25.4 Å². The average molecular weight is 456 g/mol. The topological polar surface area (TPSA) is 150 Å². The van der Waals surface area contributed by atoms with Crippen molar-refractivity contribution in [2.24, 2.45) is 10.2 Å². The van der Waals surface area contributed by atoms with E-state index in [4.69, 9.17) is 9.26 Å². The van der Waals surface area contributed by atoms with E-state index in [0.29, 0.717) is 36.7 Å². The van der Waals surface area contributed by atoms with Gasteiger partial charge < -0.3 is 14.4 Å². The summed E-state index contributed by atoms with van der Waals surface area (Å²) in [4.78, 5) is 18.8. The van der Waals surface area contributed by atoms with Crippen molar-refractivity contribution in [1.29, 1.82) is 5.26 Å². The fraction of sp³-hybridized carbons (Fsp3) is 0.167. The summed E-state index contributed by atoms with van der Waals surface area (Å²) in [7, 11) is 0. The number of pyridine rings is 1. The molecule has 2 aromatic heterocycles. The molecule has 0 fully saturated rings. The van der Waals surface area contributed by atoms with E-state index >= 15 is 0 Å². The van der Waals surface area contributed by atoms with Crippen molar-refractivity contribution in [3.8, 4) is 23.4 Å². The minimum Gasteiger partial charge on any atom is -0.494 e. The number of nitrogens with one attached hydrogen (secondary N) is 1. The van der Waals surface area contributed by atoms with Crippen LogP contribution >= 0.6 is 0 Å². The van der Waals surface area contributed by atoms with Gasteiger partial charge in [-0.3, -0.25) is 9.78 Å². The van der Waals surface area contributed by atoms with Crippen LogP contribution in [-0.4, -0.2) is 26.8 Å². The molecule has 0 aliphatic heterocycles.